The van der Waals surface area contributed by atoms with Gasteiger partial charge in [-0.1, -0.05) is 21.1 Å². The average Bonchev–Trinajstić information content (AvgIpc) is 3.23. The van der Waals surface area contributed by atoms with E-state index >= 15 is 0 Å². The number of hydrogen-bond acceptors (Lipinski definition) is 8. The summed E-state index contributed by atoms with van der Waals surface area (Å²) in [5.74, 6) is 1.85. The van der Waals surface area contributed by atoms with Crippen molar-refractivity contribution in [3.8, 4) is 17.1 Å². The fraction of sp³-hybridized carbons (Fsp3) is 0.300. The highest BCUT2D eigenvalue weighted by atomic mass is 79.9. The van der Waals surface area contributed by atoms with Crippen LogP contribution in [0, 0.1) is 10.1 Å². The standard InChI is InChI=1S/C20H20BrN5O4/c1-29-16-5-2-14(3-6-16)20-22-19(30-23-20)13-24-8-10-25(11-9-24)17-7-4-15(21)12-18(17)26(27)28/h2-7,12H,8-11,13H2,1H3. The number of rotatable bonds is 6. The molecule has 2 heterocycles. The van der Waals surface area contributed by atoms with Gasteiger partial charge in [0.1, 0.15) is 11.4 Å². The first-order chi connectivity index (χ1) is 14.5. The van der Waals surface area contributed by atoms with Crippen molar-refractivity contribution in [2.45, 2.75) is 6.54 Å². The molecule has 0 N–H and O–H groups in total. The topological polar surface area (TPSA) is 97.8 Å². The quantitative estimate of drug-likeness (QED) is 0.394. The molecule has 0 aliphatic carbocycles. The van der Waals surface area contributed by atoms with Crippen LogP contribution in [0.4, 0.5) is 11.4 Å². The van der Waals surface area contributed by atoms with E-state index in [1.807, 2.05) is 35.2 Å². The Morgan fingerprint density at radius 2 is 1.90 bits per heavy atom. The Balaban J connectivity index is 1.38. The number of nitro benzene ring substituents is 1. The smallest absolute Gasteiger partial charge is 0.293 e. The lowest BCUT2D eigenvalue weighted by atomic mass is 10.2. The molecule has 156 valence electrons. The largest absolute Gasteiger partial charge is 0.497 e. The van der Waals surface area contributed by atoms with E-state index in [2.05, 4.69) is 31.0 Å². The zero-order chi connectivity index (χ0) is 21.1. The Morgan fingerprint density at radius 3 is 2.57 bits per heavy atom. The maximum Gasteiger partial charge on any atom is 0.293 e. The Morgan fingerprint density at radius 1 is 1.17 bits per heavy atom. The number of aromatic nitrogens is 2. The van der Waals surface area contributed by atoms with Crippen LogP contribution >= 0.6 is 15.9 Å². The molecule has 0 bridgehead atoms. The van der Waals surface area contributed by atoms with Gasteiger partial charge in [-0.15, -0.1) is 0 Å². The number of nitrogens with zero attached hydrogens (tertiary/aromatic N) is 5. The number of methoxy groups -OCH3 is 1. The number of benzene rings is 2. The van der Waals surface area contributed by atoms with E-state index < -0.39 is 0 Å². The number of ether oxygens (including phenoxy) is 1. The molecule has 10 heteroatoms. The molecule has 1 aliphatic heterocycles. The van der Waals surface area contributed by atoms with E-state index in [1.165, 1.54) is 0 Å². The lowest BCUT2D eigenvalue weighted by Gasteiger charge is -2.35. The van der Waals surface area contributed by atoms with Crippen LogP contribution in [0.25, 0.3) is 11.4 Å². The van der Waals surface area contributed by atoms with Crippen molar-refractivity contribution >= 4 is 27.3 Å². The second kappa shape index (κ2) is 8.80. The molecule has 0 unspecified atom stereocenters. The fourth-order valence-corrected chi connectivity index (χ4v) is 3.77. The molecular weight excluding hydrogens is 454 g/mol. The highest BCUT2D eigenvalue weighted by Crippen LogP contribution is 2.32. The van der Waals surface area contributed by atoms with Crippen LogP contribution in [0.1, 0.15) is 5.89 Å². The molecule has 0 atom stereocenters. The van der Waals surface area contributed by atoms with E-state index in [0.29, 0.717) is 41.5 Å². The number of piperazine rings is 1. The molecule has 0 spiro atoms. The third-order valence-electron chi connectivity index (χ3n) is 5.02. The molecule has 30 heavy (non-hydrogen) atoms. The summed E-state index contributed by atoms with van der Waals surface area (Å²) in [6, 6.07) is 12.6. The van der Waals surface area contributed by atoms with Crippen LogP contribution in [-0.4, -0.2) is 53.3 Å². The fourth-order valence-electron chi connectivity index (χ4n) is 3.42. The van der Waals surface area contributed by atoms with E-state index in [4.69, 9.17) is 9.26 Å². The molecule has 0 amide bonds. The van der Waals surface area contributed by atoms with Crippen molar-refractivity contribution in [3.63, 3.8) is 0 Å². The predicted molar refractivity (Wildman–Crippen MR) is 115 cm³/mol. The van der Waals surface area contributed by atoms with Gasteiger partial charge in [0, 0.05) is 42.3 Å². The highest BCUT2D eigenvalue weighted by Gasteiger charge is 2.25. The van der Waals surface area contributed by atoms with Gasteiger partial charge in [0.05, 0.1) is 18.6 Å². The van der Waals surface area contributed by atoms with Gasteiger partial charge in [0.25, 0.3) is 5.69 Å². The number of anilines is 1. The zero-order valence-corrected chi connectivity index (χ0v) is 17.9. The summed E-state index contributed by atoms with van der Waals surface area (Å²) < 4.78 is 11.3. The zero-order valence-electron chi connectivity index (χ0n) is 16.3. The first-order valence-corrected chi connectivity index (χ1v) is 10.2. The van der Waals surface area contributed by atoms with Crippen LogP contribution in [0.5, 0.6) is 5.75 Å². The third kappa shape index (κ3) is 4.44. The van der Waals surface area contributed by atoms with E-state index in [9.17, 15) is 10.1 Å². The molecular formula is C20H20BrN5O4. The van der Waals surface area contributed by atoms with Crippen LogP contribution in [0.3, 0.4) is 0 Å². The molecule has 0 saturated carbocycles. The summed E-state index contributed by atoms with van der Waals surface area (Å²) in [6.45, 7) is 3.39. The highest BCUT2D eigenvalue weighted by molar-refractivity contribution is 9.10. The first-order valence-electron chi connectivity index (χ1n) is 9.42. The summed E-state index contributed by atoms with van der Waals surface area (Å²) >= 11 is 3.30. The second-order valence-electron chi connectivity index (χ2n) is 6.89. The molecule has 2 aromatic carbocycles. The lowest BCUT2D eigenvalue weighted by Crippen LogP contribution is -2.46. The van der Waals surface area contributed by atoms with Crippen molar-refractivity contribution in [1.82, 2.24) is 15.0 Å². The van der Waals surface area contributed by atoms with Gasteiger partial charge in [-0.3, -0.25) is 15.0 Å². The first kappa shape index (κ1) is 20.3. The van der Waals surface area contributed by atoms with E-state index in [1.54, 1.807) is 19.2 Å². The molecule has 1 fully saturated rings. The Kier molecular flexibility index (Phi) is 5.96. The van der Waals surface area contributed by atoms with Crippen LogP contribution in [-0.2, 0) is 6.54 Å². The lowest BCUT2D eigenvalue weighted by molar-refractivity contribution is -0.384. The van der Waals surface area contributed by atoms with Crippen molar-refractivity contribution in [2.75, 3.05) is 38.2 Å². The van der Waals surface area contributed by atoms with Gasteiger partial charge in [-0.05, 0) is 36.4 Å². The maximum atomic E-state index is 11.4. The van der Waals surface area contributed by atoms with Crippen molar-refractivity contribution < 1.29 is 14.2 Å². The normalized spacial score (nSPS) is 14.7. The summed E-state index contributed by atoms with van der Waals surface area (Å²) in [6.07, 6.45) is 0. The van der Waals surface area contributed by atoms with Gasteiger partial charge >= 0.3 is 0 Å². The average molecular weight is 474 g/mol. The maximum absolute atomic E-state index is 11.4. The van der Waals surface area contributed by atoms with Crippen molar-refractivity contribution in [2.24, 2.45) is 0 Å². The summed E-state index contributed by atoms with van der Waals surface area (Å²) in [4.78, 5) is 19.8. The van der Waals surface area contributed by atoms with Crippen LogP contribution in [0.15, 0.2) is 51.5 Å². The van der Waals surface area contributed by atoms with Gasteiger partial charge < -0.3 is 14.2 Å². The summed E-state index contributed by atoms with van der Waals surface area (Å²) in [5.41, 5.74) is 1.61. The molecule has 1 aromatic heterocycles. The molecule has 0 radical (unpaired) electrons. The van der Waals surface area contributed by atoms with Gasteiger partial charge in [-0.25, -0.2) is 0 Å². The molecule has 9 nitrogen and oxygen atoms in total. The summed E-state index contributed by atoms with van der Waals surface area (Å²) in [5, 5.41) is 15.5. The summed E-state index contributed by atoms with van der Waals surface area (Å²) in [7, 11) is 1.62. The number of nitro groups is 1. The third-order valence-corrected chi connectivity index (χ3v) is 5.52. The molecule has 1 saturated heterocycles. The second-order valence-corrected chi connectivity index (χ2v) is 7.81. The van der Waals surface area contributed by atoms with E-state index in [0.717, 1.165) is 24.4 Å². The van der Waals surface area contributed by atoms with Gasteiger partial charge in [-0.2, -0.15) is 4.98 Å². The molecule has 1 aliphatic rings. The van der Waals surface area contributed by atoms with Crippen molar-refractivity contribution in [3.05, 3.63) is 62.9 Å². The number of halogens is 1. The van der Waals surface area contributed by atoms with Gasteiger partial charge in [0.15, 0.2) is 0 Å². The van der Waals surface area contributed by atoms with Crippen LogP contribution < -0.4 is 9.64 Å². The minimum absolute atomic E-state index is 0.110. The molecule has 3 aromatic rings. The Hall–Kier alpha value is -2.98. The van der Waals surface area contributed by atoms with Crippen LogP contribution in [0.2, 0.25) is 0 Å². The Bertz CT molecular complexity index is 1030. The minimum Gasteiger partial charge on any atom is -0.497 e. The Labute approximate surface area is 181 Å². The van der Waals surface area contributed by atoms with E-state index in [-0.39, 0.29) is 10.6 Å². The number of hydrogen-bond donors (Lipinski definition) is 0. The van der Waals surface area contributed by atoms with Crippen molar-refractivity contribution in [1.29, 1.82) is 0 Å². The predicted octanol–water partition coefficient (Wildman–Crippen LogP) is 3.74. The molecule has 4 rings (SSSR count). The SMILES string of the molecule is COc1ccc(-c2noc(CN3CCN(c4ccc(Br)cc4[N+](=O)[O-])CC3)n2)cc1. The monoisotopic (exact) mass is 473 g/mol. The van der Waals surface area contributed by atoms with Gasteiger partial charge in [0.2, 0.25) is 11.7 Å². The minimum atomic E-state index is -0.342.